The van der Waals surface area contributed by atoms with Crippen LogP contribution in [-0.2, 0) is 0 Å². The highest BCUT2D eigenvalue weighted by molar-refractivity contribution is 6.32. The van der Waals surface area contributed by atoms with E-state index < -0.39 is 17.9 Å². The van der Waals surface area contributed by atoms with Crippen LogP contribution in [0, 0.1) is 0 Å². The molecule has 15 heavy (non-hydrogen) atoms. The molecule has 1 rings (SSSR count). The lowest BCUT2D eigenvalue weighted by Crippen LogP contribution is -2.13. The lowest BCUT2D eigenvalue weighted by molar-refractivity contribution is 0.0999. The first-order valence-corrected chi connectivity index (χ1v) is 4.17. The minimum Gasteiger partial charge on any atom is -0.481 e. The fraction of sp³-hybridized carbons (Fsp3) is 0.250. The molecule has 1 amide bonds. The van der Waals surface area contributed by atoms with Crippen molar-refractivity contribution in [3.63, 3.8) is 0 Å². The first-order chi connectivity index (χ1) is 6.97. The SMILES string of the molecule is COc1nc(Cl)c(C(N)=O)cc1C(F)F. The predicted octanol–water partition coefficient (Wildman–Crippen LogP) is 1.78. The summed E-state index contributed by atoms with van der Waals surface area (Å²) in [6.45, 7) is 0. The number of methoxy groups -OCH3 is 1. The minimum atomic E-state index is -2.82. The van der Waals surface area contributed by atoms with Gasteiger partial charge in [-0.15, -0.1) is 0 Å². The van der Waals surface area contributed by atoms with Crippen molar-refractivity contribution < 1.29 is 18.3 Å². The van der Waals surface area contributed by atoms with Gasteiger partial charge >= 0.3 is 0 Å². The third-order valence-electron chi connectivity index (χ3n) is 1.66. The van der Waals surface area contributed by atoms with Crippen LogP contribution in [0.2, 0.25) is 5.15 Å². The molecule has 2 N–H and O–H groups in total. The van der Waals surface area contributed by atoms with E-state index in [9.17, 15) is 13.6 Å². The Balaban J connectivity index is 3.37. The highest BCUT2D eigenvalue weighted by Crippen LogP contribution is 2.30. The summed E-state index contributed by atoms with van der Waals surface area (Å²) in [6.07, 6.45) is -2.82. The number of carbonyl (C=O) groups excluding carboxylic acids is 1. The summed E-state index contributed by atoms with van der Waals surface area (Å²) in [5, 5.41) is -0.260. The Morgan fingerprint density at radius 2 is 2.27 bits per heavy atom. The summed E-state index contributed by atoms with van der Waals surface area (Å²) >= 11 is 5.54. The number of carbonyl (C=O) groups is 1. The highest BCUT2D eigenvalue weighted by atomic mass is 35.5. The number of aromatic nitrogens is 1. The molecule has 0 radical (unpaired) electrons. The molecule has 0 spiro atoms. The van der Waals surface area contributed by atoms with Crippen LogP contribution in [0.15, 0.2) is 6.07 Å². The Kier molecular flexibility index (Phi) is 3.41. The van der Waals surface area contributed by atoms with Crippen molar-refractivity contribution in [2.24, 2.45) is 5.73 Å². The number of nitrogens with two attached hydrogens (primary N) is 1. The van der Waals surface area contributed by atoms with Crippen molar-refractivity contribution >= 4 is 17.5 Å². The van der Waals surface area contributed by atoms with Crippen LogP contribution in [0.4, 0.5) is 8.78 Å². The van der Waals surface area contributed by atoms with Gasteiger partial charge in [0.2, 0.25) is 5.88 Å². The Morgan fingerprint density at radius 1 is 1.67 bits per heavy atom. The molecule has 0 aliphatic rings. The van der Waals surface area contributed by atoms with Crippen LogP contribution in [-0.4, -0.2) is 18.0 Å². The summed E-state index contributed by atoms with van der Waals surface area (Å²) in [7, 11) is 1.18. The number of amides is 1. The highest BCUT2D eigenvalue weighted by Gasteiger charge is 2.20. The van der Waals surface area contributed by atoms with Crippen LogP contribution in [0.1, 0.15) is 22.3 Å². The fourth-order valence-corrected chi connectivity index (χ4v) is 1.21. The topological polar surface area (TPSA) is 65.2 Å². The monoisotopic (exact) mass is 236 g/mol. The minimum absolute atomic E-state index is 0.257. The summed E-state index contributed by atoms with van der Waals surface area (Å²) in [5.41, 5.74) is 4.15. The Hall–Kier alpha value is -1.43. The average molecular weight is 237 g/mol. The molecule has 7 heteroatoms. The van der Waals surface area contributed by atoms with Crippen molar-refractivity contribution in [1.29, 1.82) is 0 Å². The fourth-order valence-electron chi connectivity index (χ4n) is 0.983. The van der Waals surface area contributed by atoms with E-state index >= 15 is 0 Å². The van der Waals surface area contributed by atoms with E-state index in [0.29, 0.717) is 0 Å². The molecular formula is C8H7ClF2N2O2. The van der Waals surface area contributed by atoms with E-state index in [-0.39, 0.29) is 16.6 Å². The van der Waals surface area contributed by atoms with Gasteiger partial charge in [-0.05, 0) is 6.07 Å². The molecule has 1 aromatic rings. The van der Waals surface area contributed by atoms with Gasteiger partial charge in [-0.25, -0.2) is 13.8 Å². The second kappa shape index (κ2) is 4.39. The molecule has 0 bridgehead atoms. The van der Waals surface area contributed by atoms with Gasteiger partial charge in [0.25, 0.3) is 12.3 Å². The van der Waals surface area contributed by atoms with Crippen molar-refractivity contribution in [2.75, 3.05) is 7.11 Å². The quantitative estimate of drug-likeness (QED) is 0.814. The molecule has 82 valence electrons. The molecule has 0 aliphatic heterocycles. The lowest BCUT2D eigenvalue weighted by atomic mass is 10.2. The summed E-state index contributed by atoms with van der Waals surface area (Å²) in [5.74, 6) is -1.24. The third kappa shape index (κ3) is 2.33. The molecule has 1 heterocycles. The third-order valence-corrected chi connectivity index (χ3v) is 1.95. The Bertz CT molecular complexity index is 398. The maximum Gasteiger partial charge on any atom is 0.269 e. The summed E-state index contributed by atoms with van der Waals surface area (Å²) in [4.78, 5) is 14.3. The lowest BCUT2D eigenvalue weighted by Gasteiger charge is -2.08. The molecule has 0 aromatic carbocycles. The van der Waals surface area contributed by atoms with Gasteiger partial charge in [-0.3, -0.25) is 4.79 Å². The number of halogens is 3. The molecule has 0 saturated heterocycles. The van der Waals surface area contributed by atoms with Crippen LogP contribution < -0.4 is 10.5 Å². The zero-order valence-electron chi connectivity index (χ0n) is 7.63. The van der Waals surface area contributed by atoms with Crippen molar-refractivity contribution in [3.05, 3.63) is 22.3 Å². The second-order valence-corrected chi connectivity index (χ2v) is 2.95. The van der Waals surface area contributed by atoms with Gasteiger partial charge in [-0.2, -0.15) is 0 Å². The number of ether oxygens (including phenoxy) is 1. The molecule has 0 aliphatic carbocycles. The zero-order valence-corrected chi connectivity index (χ0v) is 8.39. The number of nitrogens with zero attached hydrogens (tertiary/aromatic N) is 1. The first-order valence-electron chi connectivity index (χ1n) is 3.79. The van der Waals surface area contributed by atoms with E-state index in [1.54, 1.807) is 0 Å². The van der Waals surface area contributed by atoms with Crippen LogP contribution in [0.3, 0.4) is 0 Å². The van der Waals surface area contributed by atoms with E-state index in [2.05, 4.69) is 9.72 Å². The Labute approximate surface area is 89.0 Å². The van der Waals surface area contributed by atoms with Crippen LogP contribution in [0.25, 0.3) is 0 Å². The molecule has 4 nitrogen and oxygen atoms in total. The number of primary amides is 1. The summed E-state index contributed by atoms with van der Waals surface area (Å²) in [6, 6.07) is 0.876. The largest absolute Gasteiger partial charge is 0.481 e. The maximum atomic E-state index is 12.5. The van der Waals surface area contributed by atoms with E-state index in [4.69, 9.17) is 17.3 Å². The van der Waals surface area contributed by atoms with Gasteiger partial charge in [0, 0.05) is 0 Å². The number of hydrogen-bond acceptors (Lipinski definition) is 3. The molecule has 0 fully saturated rings. The van der Waals surface area contributed by atoms with E-state index in [1.807, 2.05) is 0 Å². The number of alkyl halides is 2. The smallest absolute Gasteiger partial charge is 0.269 e. The van der Waals surface area contributed by atoms with Crippen LogP contribution in [0.5, 0.6) is 5.88 Å². The summed E-state index contributed by atoms with van der Waals surface area (Å²) < 4.78 is 29.5. The average Bonchev–Trinajstić information content (AvgIpc) is 2.16. The maximum absolute atomic E-state index is 12.5. The zero-order chi connectivity index (χ0) is 11.6. The molecule has 0 atom stereocenters. The molecule has 0 unspecified atom stereocenters. The standard InChI is InChI=1S/C8H7ClF2N2O2/c1-15-8-4(6(10)11)2-3(7(12)14)5(9)13-8/h2,6H,1H3,(H2,12,14). The second-order valence-electron chi connectivity index (χ2n) is 2.59. The van der Waals surface area contributed by atoms with Gasteiger partial charge in [0.1, 0.15) is 5.15 Å². The van der Waals surface area contributed by atoms with Crippen LogP contribution >= 0.6 is 11.6 Å². The molecule has 0 saturated carbocycles. The van der Waals surface area contributed by atoms with Crippen molar-refractivity contribution in [3.8, 4) is 5.88 Å². The van der Waals surface area contributed by atoms with E-state index in [0.717, 1.165) is 6.07 Å². The first kappa shape index (κ1) is 11.6. The van der Waals surface area contributed by atoms with Gasteiger partial charge in [-0.1, -0.05) is 11.6 Å². The number of pyridine rings is 1. The van der Waals surface area contributed by atoms with Gasteiger partial charge < -0.3 is 10.5 Å². The normalized spacial score (nSPS) is 10.5. The Morgan fingerprint density at radius 3 is 2.67 bits per heavy atom. The number of rotatable bonds is 3. The van der Waals surface area contributed by atoms with Crippen molar-refractivity contribution in [2.45, 2.75) is 6.43 Å². The molecule has 1 aromatic heterocycles. The predicted molar refractivity (Wildman–Crippen MR) is 49.3 cm³/mol. The van der Waals surface area contributed by atoms with Gasteiger partial charge in [0.15, 0.2) is 0 Å². The molecular weight excluding hydrogens is 230 g/mol. The van der Waals surface area contributed by atoms with E-state index in [1.165, 1.54) is 7.11 Å². The van der Waals surface area contributed by atoms with Crippen molar-refractivity contribution in [1.82, 2.24) is 4.98 Å². The van der Waals surface area contributed by atoms with Gasteiger partial charge in [0.05, 0.1) is 18.2 Å². The number of hydrogen-bond donors (Lipinski definition) is 1.